The van der Waals surface area contributed by atoms with E-state index in [1.165, 1.54) is 15.5 Å². The van der Waals surface area contributed by atoms with Gasteiger partial charge in [-0.15, -0.1) is 11.6 Å². The van der Waals surface area contributed by atoms with Crippen molar-refractivity contribution in [3.63, 3.8) is 0 Å². The van der Waals surface area contributed by atoms with Gasteiger partial charge in [-0.25, -0.2) is 10.9 Å². The maximum atomic E-state index is 5.83. The van der Waals surface area contributed by atoms with Crippen LogP contribution in [0, 0.1) is 0 Å². The van der Waals surface area contributed by atoms with E-state index >= 15 is 0 Å². The van der Waals surface area contributed by atoms with Crippen LogP contribution in [0.15, 0.2) is 70.5 Å². The van der Waals surface area contributed by atoms with Crippen molar-refractivity contribution >= 4 is 22.5 Å². The number of alkyl halides is 1. The van der Waals surface area contributed by atoms with Crippen LogP contribution in [0.25, 0.3) is 0 Å². The molecule has 0 unspecified atom stereocenters. The minimum Gasteiger partial charge on any atom is -0.200 e. The Hall–Kier alpha value is -0.920. The molecule has 0 bridgehead atoms. The van der Waals surface area contributed by atoms with Crippen LogP contribution in [0.4, 0.5) is 0 Å². The van der Waals surface area contributed by atoms with Crippen molar-refractivity contribution in [3.8, 4) is 0 Å². The van der Waals surface area contributed by atoms with Crippen molar-refractivity contribution in [2.45, 2.75) is 16.2 Å². The van der Waals surface area contributed by atoms with Crippen molar-refractivity contribution in [1.82, 2.24) is 0 Å². The Morgan fingerprint density at radius 1 is 0.765 bits per heavy atom. The zero-order valence-electron chi connectivity index (χ0n) is 9.72. The molecule has 90 valence electrons. The van der Waals surface area contributed by atoms with Crippen LogP contribution in [0.5, 0.6) is 0 Å². The topological polar surface area (TPSA) is 0 Å². The molecule has 2 heteroatoms. The normalized spacial score (nSPS) is 11.2. The van der Waals surface area contributed by atoms with Gasteiger partial charge < -0.3 is 0 Å². The van der Waals surface area contributed by atoms with E-state index in [9.17, 15) is 0 Å². The molecular weight excluding hydrogens is 248 g/mol. The average molecular weight is 265 g/mol. The second-order valence-corrected chi connectivity index (χ2v) is 6.58. The molecule has 0 aromatic heterocycles. The average Bonchev–Trinajstić information content (AvgIpc) is 2.42. The molecule has 0 nitrogen and oxygen atoms in total. The number of thiol groups is 1. The summed E-state index contributed by atoms with van der Waals surface area (Å²) < 4.78 is 0. The van der Waals surface area contributed by atoms with Gasteiger partial charge in [0.05, 0.1) is 0 Å². The molecule has 0 aliphatic rings. The lowest BCUT2D eigenvalue weighted by Crippen LogP contribution is -1.93. The Balaban J connectivity index is 2.26. The van der Waals surface area contributed by atoms with Gasteiger partial charge in [-0.1, -0.05) is 60.7 Å². The first-order chi connectivity index (χ1) is 8.42. The molecular formula is C15H17ClS. The largest absolute Gasteiger partial charge is 0.200 e. The highest BCUT2D eigenvalue weighted by Crippen LogP contribution is 2.44. The smallest absolute Gasteiger partial charge is 0.0230 e. The van der Waals surface area contributed by atoms with Gasteiger partial charge in [0.2, 0.25) is 0 Å². The molecule has 0 heterocycles. The predicted molar refractivity (Wildman–Crippen MR) is 78.6 cm³/mol. The lowest BCUT2D eigenvalue weighted by Gasteiger charge is -2.22. The van der Waals surface area contributed by atoms with Gasteiger partial charge in [-0.2, -0.15) is 0 Å². The van der Waals surface area contributed by atoms with Crippen molar-refractivity contribution in [3.05, 3.63) is 60.7 Å². The molecule has 0 aliphatic carbocycles. The molecule has 0 N–H and O–H groups in total. The van der Waals surface area contributed by atoms with Gasteiger partial charge in [-0.05, 0) is 22.0 Å². The Morgan fingerprint density at radius 2 is 1.24 bits per heavy atom. The third kappa shape index (κ3) is 3.52. The molecule has 0 fully saturated rings. The highest BCUT2D eigenvalue weighted by molar-refractivity contribution is 8.17. The van der Waals surface area contributed by atoms with Crippen LogP contribution >= 0.6 is 22.5 Å². The number of halogens is 1. The predicted octanol–water partition coefficient (Wildman–Crippen LogP) is 4.73. The number of rotatable bonds is 5. The van der Waals surface area contributed by atoms with Crippen LogP contribution in [0.2, 0.25) is 0 Å². The second-order valence-electron chi connectivity index (χ2n) is 3.87. The van der Waals surface area contributed by atoms with Crippen molar-refractivity contribution < 1.29 is 0 Å². The summed E-state index contributed by atoms with van der Waals surface area (Å²) in [7, 11) is -0.241. The molecule has 2 aromatic carbocycles. The summed E-state index contributed by atoms with van der Waals surface area (Å²) >= 11 is 5.83. The second kappa shape index (κ2) is 6.73. The van der Waals surface area contributed by atoms with Crippen LogP contribution < -0.4 is 0 Å². The summed E-state index contributed by atoms with van der Waals surface area (Å²) in [6, 6.07) is 21.5. The molecule has 2 rings (SSSR count). The van der Waals surface area contributed by atoms with Gasteiger partial charge >= 0.3 is 0 Å². The van der Waals surface area contributed by atoms with Crippen LogP contribution in [0.3, 0.4) is 0 Å². The lowest BCUT2D eigenvalue weighted by atomic mass is 10.4. The van der Waals surface area contributed by atoms with Crippen LogP contribution in [-0.4, -0.2) is 11.6 Å². The summed E-state index contributed by atoms with van der Waals surface area (Å²) in [5.74, 6) is 1.92. The van der Waals surface area contributed by atoms with Crippen molar-refractivity contribution in [1.29, 1.82) is 0 Å². The van der Waals surface area contributed by atoms with Gasteiger partial charge in [-0.3, -0.25) is 0 Å². The molecule has 0 aliphatic heterocycles. The molecule has 0 atom stereocenters. The quantitative estimate of drug-likeness (QED) is 0.586. The monoisotopic (exact) mass is 264 g/mol. The fourth-order valence-corrected chi connectivity index (χ4v) is 4.51. The molecule has 0 amide bonds. The Kier molecular flexibility index (Phi) is 4.96. The molecule has 0 saturated carbocycles. The zero-order chi connectivity index (χ0) is 11.9. The summed E-state index contributed by atoms with van der Waals surface area (Å²) in [6.45, 7) is 0. The Bertz CT molecular complexity index is 388. The molecule has 17 heavy (non-hydrogen) atoms. The minimum absolute atomic E-state index is 0.241. The van der Waals surface area contributed by atoms with E-state index in [-0.39, 0.29) is 10.9 Å². The maximum absolute atomic E-state index is 5.83. The SMILES string of the molecule is ClCCC[SH](c1ccccc1)c1ccccc1. The molecule has 0 saturated heterocycles. The van der Waals surface area contributed by atoms with E-state index in [2.05, 4.69) is 60.7 Å². The number of hydrogen-bond acceptors (Lipinski definition) is 0. The minimum atomic E-state index is -0.241. The van der Waals surface area contributed by atoms with Crippen molar-refractivity contribution in [2.75, 3.05) is 11.6 Å². The Labute approximate surface area is 111 Å². The van der Waals surface area contributed by atoms with Crippen molar-refractivity contribution in [2.24, 2.45) is 0 Å². The van der Waals surface area contributed by atoms with Gasteiger partial charge in [0.1, 0.15) is 0 Å². The highest BCUT2D eigenvalue weighted by Gasteiger charge is 2.08. The molecule has 0 spiro atoms. The molecule has 2 aromatic rings. The fourth-order valence-electron chi connectivity index (χ4n) is 1.84. The van der Waals surface area contributed by atoms with E-state index in [0.717, 1.165) is 12.3 Å². The first-order valence-electron chi connectivity index (χ1n) is 5.85. The van der Waals surface area contributed by atoms with E-state index in [0.29, 0.717) is 0 Å². The number of hydrogen-bond donors (Lipinski definition) is 1. The third-order valence-corrected chi connectivity index (χ3v) is 5.52. The third-order valence-electron chi connectivity index (χ3n) is 2.65. The first-order valence-corrected chi connectivity index (χ1v) is 7.91. The summed E-state index contributed by atoms with van der Waals surface area (Å²) in [5.41, 5.74) is 0. The number of benzene rings is 2. The summed E-state index contributed by atoms with van der Waals surface area (Å²) in [5, 5.41) is 0. The van der Waals surface area contributed by atoms with Gasteiger partial charge in [0, 0.05) is 5.88 Å². The van der Waals surface area contributed by atoms with E-state index in [1.54, 1.807) is 0 Å². The van der Waals surface area contributed by atoms with E-state index < -0.39 is 0 Å². The maximum Gasteiger partial charge on any atom is 0.0230 e. The van der Waals surface area contributed by atoms with Crippen LogP contribution in [-0.2, 0) is 0 Å². The summed E-state index contributed by atoms with van der Waals surface area (Å²) in [6.07, 6.45) is 1.08. The summed E-state index contributed by atoms with van der Waals surface area (Å²) in [4.78, 5) is 2.89. The van der Waals surface area contributed by atoms with E-state index in [1.807, 2.05) is 0 Å². The van der Waals surface area contributed by atoms with Gasteiger partial charge in [0.25, 0.3) is 0 Å². The first kappa shape index (κ1) is 12.5. The molecule has 0 radical (unpaired) electrons. The van der Waals surface area contributed by atoms with Gasteiger partial charge in [0.15, 0.2) is 0 Å². The standard InChI is InChI=1S/C15H17ClS/c16-12-7-13-17(14-8-3-1-4-9-14)15-10-5-2-6-11-15/h1-6,8-11,17H,7,12-13H2. The fraction of sp³-hybridized carbons (Fsp3) is 0.200. The zero-order valence-corrected chi connectivity index (χ0v) is 11.4. The van der Waals surface area contributed by atoms with E-state index in [4.69, 9.17) is 11.6 Å². The lowest BCUT2D eigenvalue weighted by molar-refractivity contribution is 1.10. The highest BCUT2D eigenvalue weighted by atomic mass is 35.5. The van der Waals surface area contributed by atoms with Crippen LogP contribution in [0.1, 0.15) is 6.42 Å². The Morgan fingerprint density at radius 3 is 1.65 bits per heavy atom.